The summed E-state index contributed by atoms with van der Waals surface area (Å²) in [6, 6.07) is 12.6. The van der Waals surface area contributed by atoms with Crippen molar-refractivity contribution in [3.63, 3.8) is 0 Å². The number of rotatable bonds is 3. The predicted octanol–water partition coefficient (Wildman–Crippen LogP) is 3.28. The molecule has 6 nitrogen and oxygen atoms in total. The average Bonchev–Trinajstić information content (AvgIpc) is 3.05. The number of aromatic amines is 1. The van der Waals surface area contributed by atoms with E-state index in [0.717, 1.165) is 22.2 Å². The van der Waals surface area contributed by atoms with Gasteiger partial charge >= 0.3 is 0 Å². The molecule has 2 aromatic carbocycles. The summed E-state index contributed by atoms with van der Waals surface area (Å²) in [4.78, 5) is 27.9. The standard InChI is InChI=1S/C20H19N3O3/c1-11-10-21-20(25)18-17(11)15-9-12(3-8-16(15)23-18)19(24)22-13-4-6-14(26-2)7-5-13/h3-9,11,23H,10H2,1-2H3,(H,21,25)(H,22,24). The summed E-state index contributed by atoms with van der Waals surface area (Å²) in [5.41, 5.74) is 3.67. The van der Waals surface area contributed by atoms with Crippen molar-refractivity contribution in [2.45, 2.75) is 12.8 Å². The molecule has 26 heavy (non-hydrogen) atoms. The molecule has 132 valence electrons. The van der Waals surface area contributed by atoms with Crippen LogP contribution in [0.25, 0.3) is 10.9 Å². The zero-order valence-corrected chi connectivity index (χ0v) is 14.6. The summed E-state index contributed by atoms with van der Waals surface area (Å²) in [6.07, 6.45) is 0. The van der Waals surface area contributed by atoms with E-state index in [1.165, 1.54) is 0 Å². The van der Waals surface area contributed by atoms with Crippen molar-refractivity contribution in [1.82, 2.24) is 10.3 Å². The second-order valence-electron chi connectivity index (χ2n) is 6.47. The number of fused-ring (bicyclic) bond motifs is 3. The van der Waals surface area contributed by atoms with Crippen LogP contribution in [0, 0.1) is 0 Å². The second-order valence-corrected chi connectivity index (χ2v) is 6.47. The molecule has 0 radical (unpaired) electrons. The highest BCUT2D eigenvalue weighted by molar-refractivity contribution is 6.08. The molecule has 1 aromatic heterocycles. The lowest BCUT2D eigenvalue weighted by molar-refractivity contribution is 0.0936. The van der Waals surface area contributed by atoms with Crippen LogP contribution in [0.3, 0.4) is 0 Å². The smallest absolute Gasteiger partial charge is 0.268 e. The highest BCUT2D eigenvalue weighted by Gasteiger charge is 2.27. The number of H-pyrrole nitrogens is 1. The molecule has 0 saturated carbocycles. The average molecular weight is 349 g/mol. The van der Waals surface area contributed by atoms with Gasteiger partial charge in [-0.1, -0.05) is 6.92 Å². The lowest BCUT2D eigenvalue weighted by atomic mass is 9.93. The first kappa shape index (κ1) is 16.2. The van der Waals surface area contributed by atoms with Crippen molar-refractivity contribution in [3.05, 3.63) is 59.3 Å². The molecule has 1 aliphatic rings. The predicted molar refractivity (Wildman–Crippen MR) is 100.0 cm³/mol. The van der Waals surface area contributed by atoms with Gasteiger partial charge in [0.25, 0.3) is 11.8 Å². The minimum absolute atomic E-state index is 0.0986. The summed E-state index contributed by atoms with van der Waals surface area (Å²) < 4.78 is 5.12. The third kappa shape index (κ3) is 2.69. The summed E-state index contributed by atoms with van der Waals surface area (Å²) in [5, 5.41) is 6.67. The van der Waals surface area contributed by atoms with Gasteiger partial charge in [0.05, 0.1) is 7.11 Å². The molecule has 1 aliphatic heterocycles. The highest BCUT2D eigenvalue weighted by atomic mass is 16.5. The number of aromatic nitrogens is 1. The quantitative estimate of drug-likeness (QED) is 0.678. The summed E-state index contributed by atoms with van der Waals surface area (Å²) in [6.45, 7) is 2.66. The van der Waals surface area contributed by atoms with E-state index in [-0.39, 0.29) is 17.7 Å². The third-order valence-corrected chi connectivity index (χ3v) is 4.74. The van der Waals surface area contributed by atoms with Gasteiger partial charge in [-0.2, -0.15) is 0 Å². The fraction of sp³-hybridized carbons (Fsp3) is 0.200. The number of carbonyl (C=O) groups excluding carboxylic acids is 2. The maximum absolute atomic E-state index is 12.6. The largest absolute Gasteiger partial charge is 0.497 e. The van der Waals surface area contributed by atoms with Gasteiger partial charge in [-0.05, 0) is 48.0 Å². The van der Waals surface area contributed by atoms with Gasteiger partial charge in [0.1, 0.15) is 11.4 Å². The van der Waals surface area contributed by atoms with Crippen LogP contribution < -0.4 is 15.4 Å². The Kier molecular flexibility index (Phi) is 3.88. The third-order valence-electron chi connectivity index (χ3n) is 4.74. The first-order valence-corrected chi connectivity index (χ1v) is 8.46. The molecule has 2 amide bonds. The van der Waals surface area contributed by atoms with Crippen LogP contribution in [0.2, 0.25) is 0 Å². The zero-order valence-electron chi connectivity index (χ0n) is 14.6. The SMILES string of the molecule is COc1ccc(NC(=O)c2ccc3[nH]c4c(c3c2)C(C)CNC4=O)cc1. The van der Waals surface area contributed by atoms with Gasteiger partial charge in [0.2, 0.25) is 0 Å². The number of benzene rings is 2. The Bertz CT molecular complexity index is 1010. The lowest BCUT2D eigenvalue weighted by Gasteiger charge is -2.19. The fourth-order valence-electron chi connectivity index (χ4n) is 3.36. The van der Waals surface area contributed by atoms with Crippen LogP contribution in [0.1, 0.15) is 39.3 Å². The van der Waals surface area contributed by atoms with Crippen molar-refractivity contribution in [3.8, 4) is 5.75 Å². The molecule has 0 bridgehead atoms. The molecule has 0 saturated heterocycles. The van der Waals surface area contributed by atoms with Gasteiger partial charge in [-0.25, -0.2) is 0 Å². The van der Waals surface area contributed by atoms with E-state index in [0.29, 0.717) is 23.5 Å². The number of ether oxygens (including phenoxy) is 1. The van der Waals surface area contributed by atoms with Crippen molar-refractivity contribution in [1.29, 1.82) is 0 Å². The summed E-state index contributed by atoms with van der Waals surface area (Å²) in [7, 11) is 1.60. The Balaban J connectivity index is 1.67. The molecular formula is C20H19N3O3. The van der Waals surface area contributed by atoms with Crippen molar-refractivity contribution >= 4 is 28.4 Å². The molecule has 3 aromatic rings. The van der Waals surface area contributed by atoms with Gasteiger partial charge in [0, 0.05) is 34.6 Å². The van der Waals surface area contributed by atoms with E-state index < -0.39 is 0 Å². The molecule has 0 spiro atoms. The highest BCUT2D eigenvalue weighted by Crippen LogP contribution is 2.32. The van der Waals surface area contributed by atoms with Crippen LogP contribution in [-0.4, -0.2) is 30.5 Å². The molecule has 0 aliphatic carbocycles. The summed E-state index contributed by atoms with van der Waals surface area (Å²) >= 11 is 0. The molecule has 3 N–H and O–H groups in total. The maximum atomic E-state index is 12.6. The Morgan fingerprint density at radius 3 is 2.69 bits per heavy atom. The van der Waals surface area contributed by atoms with Crippen LogP contribution in [0.4, 0.5) is 5.69 Å². The van der Waals surface area contributed by atoms with Crippen LogP contribution >= 0.6 is 0 Å². The van der Waals surface area contributed by atoms with E-state index in [1.807, 2.05) is 12.1 Å². The first-order chi connectivity index (χ1) is 12.6. The van der Waals surface area contributed by atoms with E-state index in [1.54, 1.807) is 37.4 Å². The number of carbonyl (C=O) groups is 2. The van der Waals surface area contributed by atoms with E-state index >= 15 is 0 Å². The molecule has 4 rings (SSSR count). The van der Waals surface area contributed by atoms with Gasteiger partial charge in [0.15, 0.2) is 0 Å². The zero-order chi connectivity index (χ0) is 18.3. The Hall–Kier alpha value is -3.28. The topological polar surface area (TPSA) is 83.2 Å². The Morgan fingerprint density at radius 2 is 1.96 bits per heavy atom. The van der Waals surface area contributed by atoms with Crippen LogP contribution in [-0.2, 0) is 0 Å². The molecule has 1 unspecified atom stereocenters. The normalized spacial score (nSPS) is 16.1. The number of methoxy groups -OCH3 is 1. The summed E-state index contributed by atoms with van der Waals surface area (Å²) in [5.74, 6) is 0.630. The maximum Gasteiger partial charge on any atom is 0.268 e. The van der Waals surface area contributed by atoms with Gasteiger partial charge in [-0.15, -0.1) is 0 Å². The number of nitrogens with one attached hydrogen (secondary N) is 3. The second kappa shape index (κ2) is 6.22. The number of hydrogen-bond donors (Lipinski definition) is 3. The monoisotopic (exact) mass is 349 g/mol. The van der Waals surface area contributed by atoms with Crippen molar-refractivity contribution in [2.24, 2.45) is 0 Å². The fourth-order valence-corrected chi connectivity index (χ4v) is 3.36. The number of amides is 2. The number of anilines is 1. The lowest BCUT2D eigenvalue weighted by Crippen LogP contribution is -2.33. The molecule has 1 atom stereocenters. The minimum Gasteiger partial charge on any atom is -0.497 e. The number of hydrogen-bond acceptors (Lipinski definition) is 3. The van der Waals surface area contributed by atoms with Crippen LogP contribution in [0.5, 0.6) is 5.75 Å². The first-order valence-electron chi connectivity index (χ1n) is 8.46. The molecular weight excluding hydrogens is 330 g/mol. The van der Waals surface area contributed by atoms with E-state index in [9.17, 15) is 9.59 Å². The Morgan fingerprint density at radius 1 is 1.19 bits per heavy atom. The van der Waals surface area contributed by atoms with Gasteiger partial charge in [-0.3, -0.25) is 9.59 Å². The van der Waals surface area contributed by atoms with Gasteiger partial charge < -0.3 is 20.4 Å². The Labute approximate surface area is 150 Å². The van der Waals surface area contributed by atoms with Crippen LogP contribution in [0.15, 0.2) is 42.5 Å². The molecule has 6 heteroatoms. The molecule has 2 heterocycles. The van der Waals surface area contributed by atoms with E-state index in [4.69, 9.17) is 4.74 Å². The van der Waals surface area contributed by atoms with Crippen molar-refractivity contribution < 1.29 is 14.3 Å². The molecule has 0 fully saturated rings. The minimum atomic E-state index is -0.195. The van der Waals surface area contributed by atoms with E-state index in [2.05, 4.69) is 22.5 Å². The van der Waals surface area contributed by atoms with Crippen molar-refractivity contribution in [2.75, 3.05) is 19.0 Å².